The molecule has 0 aromatic heterocycles. The summed E-state index contributed by atoms with van der Waals surface area (Å²) in [6.45, 7) is 1.32. The Morgan fingerprint density at radius 1 is 0.959 bits per heavy atom. The molecule has 1 amide bonds. The summed E-state index contributed by atoms with van der Waals surface area (Å²) in [7, 11) is 9.27. The third-order valence-electron chi connectivity index (χ3n) is 11.5. The van der Waals surface area contributed by atoms with Crippen LogP contribution < -0.4 is 4.74 Å². The van der Waals surface area contributed by atoms with Crippen molar-refractivity contribution in [2.75, 3.05) is 24.7 Å². The predicted molar refractivity (Wildman–Crippen MR) is 172 cm³/mol. The second kappa shape index (κ2) is 14.9. The van der Waals surface area contributed by atoms with E-state index in [0.717, 1.165) is 55.6 Å². The number of rotatable bonds is 10. The quantitative estimate of drug-likeness (QED) is 0.103. The van der Waals surface area contributed by atoms with Gasteiger partial charge in [-0.1, -0.05) is 40.9 Å². The van der Waals surface area contributed by atoms with Crippen LogP contribution in [0.2, 0.25) is 6.32 Å². The number of alkyl halides is 9. The van der Waals surface area contributed by atoms with Gasteiger partial charge in [0, 0.05) is 30.7 Å². The van der Waals surface area contributed by atoms with E-state index in [1.165, 1.54) is 5.56 Å². The monoisotopic (exact) mass is 745 g/mol. The lowest BCUT2D eigenvalue weighted by molar-refractivity contribution is -0.457. The number of carbonyl (C=O) groups is 1. The van der Waals surface area contributed by atoms with Crippen molar-refractivity contribution in [3.8, 4) is 5.75 Å². The molecule has 0 spiro atoms. The van der Waals surface area contributed by atoms with Gasteiger partial charge in [0.2, 0.25) is 0 Å². The predicted octanol–water partition coefficient (Wildman–Crippen LogP) is 10.3. The summed E-state index contributed by atoms with van der Waals surface area (Å²) in [6, 6.07) is 5.91. The number of nitrogens with zero attached hydrogens (tertiary/aromatic N) is 1. The number of ether oxygens (including phenoxy) is 2. The Morgan fingerprint density at radius 2 is 1.67 bits per heavy atom. The Bertz CT molecular complexity index is 1270. The summed E-state index contributed by atoms with van der Waals surface area (Å²) >= 11 is 0. The summed E-state index contributed by atoms with van der Waals surface area (Å²) in [4.78, 5) is 15.1. The van der Waals surface area contributed by atoms with Crippen LogP contribution in [0.4, 0.5) is 44.3 Å². The van der Waals surface area contributed by atoms with Gasteiger partial charge in [-0.15, -0.1) is 0 Å². The minimum absolute atomic E-state index is 0.0503. The highest BCUT2D eigenvalue weighted by molar-refractivity contribution is 8.76. The van der Waals surface area contributed by atoms with Crippen LogP contribution in [0, 0.1) is 23.2 Å². The zero-order valence-corrected chi connectivity index (χ0v) is 28.8. The molecular formula is C33H41BF9NO3S2. The van der Waals surface area contributed by atoms with E-state index >= 15 is 0 Å². The number of benzene rings is 1. The molecule has 49 heavy (non-hydrogen) atoms. The molecule has 6 atom stereocenters. The first-order valence-corrected chi connectivity index (χ1v) is 19.3. The molecule has 1 heterocycles. The minimum atomic E-state index is -6.72. The molecule has 3 aliphatic carbocycles. The van der Waals surface area contributed by atoms with Gasteiger partial charge in [0.05, 0.1) is 7.85 Å². The number of fused-ring (bicyclic) bond motifs is 5. The molecule has 4 aliphatic rings. The topological polar surface area (TPSA) is 38.8 Å². The lowest BCUT2D eigenvalue weighted by atomic mass is 9.54. The highest BCUT2D eigenvalue weighted by atomic mass is 33.1. The van der Waals surface area contributed by atoms with Gasteiger partial charge in [-0.05, 0) is 117 Å². The van der Waals surface area contributed by atoms with Gasteiger partial charge < -0.3 is 14.4 Å². The van der Waals surface area contributed by atoms with Gasteiger partial charge in [-0.3, -0.25) is 0 Å². The van der Waals surface area contributed by atoms with E-state index in [-0.39, 0.29) is 48.1 Å². The Kier molecular flexibility index (Phi) is 11.8. The molecule has 4 nitrogen and oxygen atoms in total. The molecular weight excluding hydrogens is 704 g/mol. The fraction of sp³-hybridized carbons (Fsp3) is 0.788. The number of carbonyl (C=O) groups excluding carboxylic acids is 1. The molecule has 1 saturated heterocycles. The van der Waals surface area contributed by atoms with Crippen molar-refractivity contribution in [1.82, 2.24) is 4.90 Å². The van der Waals surface area contributed by atoms with E-state index in [1.54, 1.807) is 26.5 Å². The second-order valence-electron chi connectivity index (χ2n) is 14.0. The number of aryl methyl sites for hydroxylation is 1. The highest BCUT2D eigenvalue weighted by Gasteiger charge is 2.85. The van der Waals surface area contributed by atoms with Crippen LogP contribution in [-0.4, -0.2) is 73.7 Å². The summed E-state index contributed by atoms with van der Waals surface area (Å²) in [6.07, 6.45) is -13.8. The van der Waals surface area contributed by atoms with E-state index < -0.39 is 30.7 Å². The molecule has 0 bridgehead atoms. The zero-order valence-electron chi connectivity index (χ0n) is 27.2. The molecule has 274 valence electrons. The third-order valence-corrected chi connectivity index (χ3v) is 14.0. The maximum absolute atomic E-state index is 13.3. The smallest absolute Gasteiger partial charge is 0.410 e. The molecule has 1 aromatic rings. The number of halogens is 9. The Balaban J connectivity index is 1.21. The van der Waals surface area contributed by atoms with Crippen molar-refractivity contribution in [2.45, 2.75) is 114 Å². The van der Waals surface area contributed by atoms with Crippen LogP contribution >= 0.6 is 21.6 Å². The average Bonchev–Trinajstić information content (AvgIpc) is 3.35. The first kappa shape index (κ1) is 38.8. The Labute approximate surface area is 290 Å². The summed E-state index contributed by atoms with van der Waals surface area (Å²) < 4.78 is 129. The van der Waals surface area contributed by atoms with E-state index in [1.807, 2.05) is 18.2 Å². The van der Waals surface area contributed by atoms with Crippen molar-refractivity contribution in [3.05, 3.63) is 29.3 Å². The van der Waals surface area contributed by atoms with Crippen molar-refractivity contribution in [2.24, 2.45) is 23.2 Å². The fourth-order valence-electron chi connectivity index (χ4n) is 9.03. The third kappa shape index (κ3) is 7.57. The molecule has 1 aliphatic heterocycles. The van der Waals surface area contributed by atoms with Crippen molar-refractivity contribution in [1.29, 1.82) is 0 Å². The van der Waals surface area contributed by atoms with Crippen LogP contribution in [0.25, 0.3) is 0 Å². The first-order valence-electron chi connectivity index (χ1n) is 16.8. The Hall–Kier alpha value is -1.42. The van der Waals surface area contributed by atoms with E-state index in [4.69, 9.17) is 12.6 Å². The molecule has 2 saturated carbocycles. The van der Waals surface area contributed by atoms with Crippen LogP contribution in [0.15, 0.2) is 18.2 Å². The fourth-order valence-corrected chi connectivity index (χ4v) is 11.5. The van der Waals surface area contributed by atoms with Gasteiger partial charge >= 0.3 is 30.2 Å². The van der Waals surface area contributed by atoms with Crippen LogP contribution in [0.5, 0.6) is 5.75 Å². The van der Waals surface area contributed by atoms with Crippen molar-refractivity contribution in [3.63, 3.8) is 0 Å². The molecule has 2 radical (unpaired) electrons. The number of hydrogen-bond acceptors (Lipinski definition) is 5. The number of hydrogen-bond donors (Lipinski definition) is 0. The molecule has 5 rings (SSSR count). The normalized spacial score (nSPS) is 29.1. The van der Waals surface area contributed by atoms with Crippen molar-refractivity contribution >= 4 is 35.5 Å². The highest BCUT2D eigenvalue weighted by Crippen LogP contribution is 2.64. The lowest BCUT2D eigenvalue weighted by Crippen LogP contribution is -2.67. The van der Waals surface area contributed by atoms with Crippen LogP contribution in [0.1, 0.15) is 81.8 Å². The van der Waals surface area contributed by atoms with Gasteiger partial charge in [-0.2, -0.15) is 39.5 Å². The SMILES string of the molecule is [B]CCCN(C(=O)Oc1ccc2c(c1)CCC1C2CCC2(C)C(CCCOC(C(F)(F)F)(C(F)(F)F)C(F)(F)F)CCC12)C1CCSSC1. The van der Waals surface area contributed by atoms with Crippen LogP contribution in [0.3, 0.4) is 0 Å². The summed E-state index contributed by atoms with van der Waals surface area (Å²) in [5.74, 6) is 3.09. The lowest BCUT2D eigenvalue weighted by Gasteiger charge is -2.51. The molecule has 0 N–H and O–H groups in total. The molecule has 6 unspecified atom stereocenters. The van der Waals surface area contributed by atoms with E-state index in [0.29, 0.717) is 37.4 Å². The van der Waals surface area contributed by atoms with E-state index in [2.05, 4.69) is 11.7 Å². The zero-order chi connectivity index (χ0) is 35.8. The maximum atomic E-state index is 13.3. The van der Waals surface area contributed by atoms with Gasteiger partial charge in [0.25, 0.3) is 0 Å². The molecule has 1 aromatic carbocycles. The summed E-state index contributed by atoms with van der Waals surface area (Å²) in [5.41, 5.74) is -4.12. The van der Waals surface area contributed by atoms with Gasteiger partial charge in [0.1, 0.15) is 5.75 Å². The average molecular weight is 746 g/mol. The molecule has 3 fully saturated rings. The first-order chi connectivity index (χ1) is 22.9. The Morgan fingerprint density at radius 3 is 2.31 bits per heavy atom. The maximum Gasteiger partial charge on any atom is 0.435 e. The molecule has 16 heteroatoms. The van der Waals surface area contributed by atoms with Gasteiger partial charge in [0.15, 0.2) is 0 Å². The number of amides is 1. The minimum Gasteiger partial charge on any atom is -0.410 e. The largest absolute Gasteiger partial charge is 0.435 e. The van der Waals surface area contributed by atoms with Crippen LogP contribution in [-0.2, 0) is 11.2 Å². The van der Waals surface area contributed by atoms with E-state index in [9.17, 15) is 44.3 Å². The summed E-state index contributed by atoms with van der Waals surface area (Å²) in [5, 5.41) is 0. The standard InChI is InChI=1S/C33H41BF9NO3S2/c1-29-13-11-25-24-9-7-23(47-28(45)44(15-3-14-34)22-12-17-48-49-19-22)18-20(24)5-8-26(25)27(29)10-6-21(29)4-2-16-46-30(31(35,36)37,32(38,39)40)33(41,42)43/h7,9,18,21-22,25-27H,2-6,8,10-17,19H2,1H3. The second-order valence-corrected chi connectivity index (χ2v) is 16.6. The van der Waals surface area contributed by atoms with Gasteiger partial charge in [-0.25, -0.2) is 4.79 Å². The van der Waals surface area contributed by atoms with Crippen molar-refractivity contribution < 1.29 is 53.8 Å².